The largest absolute Gasteiger partial charge is 4.00 e. The van der Waals surface area contributed by atoms with Crippen LogP contribution in [0.25, 0.3) is 0 Å². The van der Waals surface area contributed by atoms with E-state index in [9.17, 15) is 0 Å². The second-order valence-corrected chi connectivity index (χ2v) is 0. The minimum absolute atomic E-state index is 0. The zero-order valence-electron chi connectivity index (χ0n) is 2.89. The molecular formula is CH5NO2Ti. The van der Waals surface area contributed by atoms with Crippen LogP contribution >= 0.6 is 0 Å². The smallest absolute Gasteiger partial charge is 2.00 e. The first-order chi connectivity index (χ1) is 1.00. The van der Waals surface area contributed by atoms with Crippen molar-refractivity contribution in [1.82, 2.24) is 0 Å². The van der Waals surface area contributed by atoms with Crippen LogP contribution in [0.2, 0.25) is 0 Å². The minimum Gasteiger partial charge on any atom is -2.00 e. The molecule has 4 heteroatoms. The average Bonchev–Trinajstić information content (AvgIpc) is 1.00. The normalized spacial score (nSPS) is 1.20. The van der Waals surface area contributed by atoms with Gasteiger partial charge in [-0.15, -0.1) is 0 Å². The maximum atomic E-state index is 4.50. The summed E-state index contributed by atoms with van der Waals surface area (Å²) in [6.45, 7) is 0. The van der Waals surface area contributed by atoms with E-state index in [1.807, 2.05) is 0 Å². The van der Waals surface area contributed by atoms with E-state index < -0.39 is 0 Å². The number of hydrogen-bond acceptors (Lipinski definition) is 1. The Bertz CT molecular complexity index is 9.61. The Morgan fingerprint density at radius 2 is 1.00 bits per heavy atom. The maximum absolute atomic E-state index is 4.50. The molecule has 0 aromatic carbocycles. The molecule has 0 amide bonds. The molecule has 0 rings (SSSR count). The molecule has 30 valence electrons. The number of rotatable bonds is 0. The fraction of sp³-hybridized carbons (Fsp3) is 1.00. The molecule has 0 heterocycles. The summed E-state index contributed by atoms with van der Waals surface area (Å²) >= 11 is 0. The third kappa shape index (κ3) is 87.6. The summed E-state index contributed by atoms with van der Waals surface area (Å²) in [7, 11) is 1.50. The van der Waals surface area contributed by atoms with Crippen molar-refractivity contribution in [2.24, 2.45) is 5.73 Å². The summed E-state index contributed by atoms with van der Waals surface area (Å²) in [5, 5.41) is 0. The Balaban J connectivity index is -0.00000000167. The molecule has 0 aliphatic rings. The fourth-order valence-corrected chi connectivity index (χ4v) is 0. The van der Waals surface area contributed by atoms with Gasteiger partial charge in [-0.05, 0) is 7.05 Å². The number of hydrogen-bond donors (Lipinski definition) is 1. The van der Waals surface area contributed by atoms with Crippen LogP contribution in [0.4, 0.5) is 0 Å². The first-order valence-corrected chi connectivity index (χ1v) is 0.577. The molecule has 0 aromatic rings. The van der Waals surface area contributed by atoms with Gasteiger partial charge >= 0.3 is 21.7 Å². The van der Waals surface area contributed by atoms with E-state index in [1.54, 1.807) is 0 Å². The molecule has 0 spiro atoms. The monoisotopic (exact) mass is 111 g/mol. The Morgan fingerprint density at radius 1 is 1.00 bits per heavy atom. The first-order valence-electron chi connectivity index (χ1n) is 0.577. The van der Waals surface area contributed by atoms with Gasteiger partial charge in [0.2, 0.25) is 0 Å². The average molecular weight is 111 g/mol. The van der Waals surface area contributed by atoms with Crippen molar-refractivity contribution in [3.63, 3.8) is 0 Å². The summed E-state index contributed by atoms with van der Waals surface area (Å²) in [5.41, 5.74) is 4.50. The van der Waals surface area contributed by atoms with Crippen molar-refractivity contribution >= 4 is 0 Å². The summed E-state index contributed by atoms with van der Waals surface area (Å²) in [4.78, 5) is 0. The van der Waals surface area contributed by atoms with Crippen LogP contribution in [0.5, 0.6) is 0 Å². The van der Waals surface area contributed by atoms with Gasteiger partial charge < -0.3 is 16.7 Å². The standard InChI is InChI=1S/CH5N.2O.Ti/c1-2;;;/h2H2,1H3;;;/q;2*-2;+4. The second-order valence-electron chi connectivity index (χ2n) is 0. The molecule has 0 saturated heterocycles. The molecule has 3 nitrogen and oxygen atoms in total. The molecule has 0 unspecified atom stereocenters. The SMILES string of the molecule is CN.[O-2].[O-2].[Ti+4]. The van der Waals surface area contributed by atoms with Crippen molar-refractivity contribution in [2.75, 3.05) is 7.05 Å². The van der Waals surface area contributed by atoms with Crippen molar-refractivity contribution in [1.29, 1.82) is 0 Å². The Hall–Kier alpha value is 0.594. The minimum atomic E-state index is 0. The molecule has 5 heavy (non-hydrogen) atoms. The van der Waals surface area contributed by atoms with E-state index in [0.29, 0.717) is 0 Å². The van der Waals surface area contributed by atoms with Crippen LogP contribution in [-0.4, -0.2) is 7.05 Å². The molecule has 0 bridgehead atoms. The van der Waals surface area contributed by atoms with Gasteiger partial charge in [0, 0.05) is 0 Å². The van der Waals surface area contributed by atoms with E-state index >= 15 is 0 Å². The molecule has 2 N–H and O–H groups in total. The molecule has 0 saturated carbocycles. The van der Waals surface area contributed by atoms with E-state index in [-0.39, 0.29) is 32.7 Å². The van der Waals surface area contributed by atoms with Crippen molar-refractivity contribution in [3.8, 4) is 0 Å². The summed E-state index contributed by atoms with van der Waals surface area (Å²) < 4.78 is 0. The van der Waals surface area contributed by atoms with Gasteiger partial charge in [-0.3, -0.25) is 0 Å². The summed E-state index contributed by atoms with van der Waals surface area (Å²) in [6, 6.07) is 0. The summed E-state index contributed by atoms with van der Waals surface area (Å²) in [6.07, 6.45) is 0. The Morgan fingerprint density at radius 3 is 1.00 bits per heavy atom. The third-order valence-electron chi connectivity index (χ3n) is 0. The zero-order valence-corrected chi connectivity index (χ0v) is 4.46. The first kappa shape index (κ1) is 46.5. The van der Waals surface area contributed by atoms with Crippen LogP contribution in [-0.2, 0) is 32.7 Å². The van der Waals surface area contributed by atoms with E-state index in [1.165, 1.54) is 7.05 Å². The molecule has 0 radical (unpaired) electrons. The van der Waals surface area contributed by atoms with Gasteiger partial charge in [0.05, 0.1) is 0 Å². The van der Waals surface area contributed by atoms with Crippen molar-refractivity contribution < 1.29 is 32.7 Å². The van der Waals surface area contributed by atoms with Gasteiger partial charge in [0.1, 0.15) is 0 Å². The fourth-order valence-electron chi connectivity index (χ4n) is 0. The van der Waals surface area contributed by atoms with Gasteiger partial charge in [-0.2, -0.15) is 0 Å². The van der Waals surface area contributed by atoms with Crippen LogP contribution < -0.4 is 5.73 Å². The predicted octanol–water partition coefficient (Wildman–Crippen LogP) is -0.665. The molecular weight excluding hydrogens is 106 g/mol. The van der Waals surface area contributed by atoms with Crippen LogP contribution in [0.15, 0.2) is 0 Å². The Labute approximate surface area is 46.0 Å². The Kier molecular flexibility index (Phi) is 1560. The number of nitrogens with two attached hydrogens (primary N) is 1. The van der Waals surface area contributed by atoms with Crippen LogP contribution in [0.1, 0.15) is 0 Å². The van der Waals surface area contributed by atoms with Crippen LogP contribution in [0, 0.1) is 0 Å². The van der Waals surface area contributed by atoms with E-state index in [4.69, 9.17) is 0 Å². The molecule has 0 atom stereocenters. The quantitative estimate of drug-likeness (QED) is 0.413. The van der Waals surface area contributed by atoms with Gasteiger partial charge in [0.25, 0.3) is 0 Å². The second kappa shape index (κ2) is 168. The van der Waals surface area contributed by atoms with E-state index in [0.717, 1.165) is 0 Å². The predicted molar refractivity (Wildman–Crippen MR) is 11.5 cm³/mol. The molecule has 0 aliphatic heterocycles. The van der Waals surface area contributed by atoms with Crippen molar-refractivity contribution in [2.45, 2.75) is 0 Å². The molecule has 0 fully saturated rings. The molecule has 0 aliphatic carbocycles. The topological polar surface area (TPSA) is 83.0 Å². The van der Waals surface area contributed by atoms with Gasteiger partial charge in [-0.1, -0.05) is 0 Å². The summed E-state index contributed by atoms with van der Waals surface area (Å²) in [5.74, 6) is 0. The molecule has 0 aromatic heterocycles. The van der Waals surface area contributed by atoms with Crippen LogP contribution in [0.3, 0.4) is 0 Å². The van der Waals surface area contributed by atoms with Gasteiger partial charge in [-0.25, -0.2) is 0 Å². The zero-order chi connectivity index (χ0) is 2.00. The van der Waals surface area contributed by atoms with Gasteiger partial charge in [0.15, 0.2) is 0 Å². The van der Waals surface area contributed by atoms with E-state index in [2.05, 4.69) is 5.73 Å². The van der Waals surface area contributed by atoms with Crippen molar-refractivity contribution in [3.05, 3.63) is 0 Å². The third-order valence-corrected chi connectivity index (χ3v) is 0. The maximum Gasteiger partial charge on any atom is 4.00 e.